The van der Waals surface area contributed by atoms with Crippen LogP contribution in [0.3, 0.4) is 0 Å². The molecule has 1 fully saturated rings. The smallest absolute Gasteiger partial charge is 0.00192 e. The van der Waals surface area contributed by atoms with Crippen molar-refractivity contribution in [1.29, 1.82) is 0 Å². The zero-order valence-corrected chi connectivity index (χ0v) is 7.27. The molecule has 1 saturated heterocycles. The summed E-state index contributed by atoms with van der Waals surface area (Å²) in [5, 5.41) is 0. The summed E-state index contributed by atoms with van der Waals surface area (Å²) in [4.78, 5) is 2.45. The average Bonchev–Trinajstić information content (AvgIpc) is 1.90. The lowest BCUT2D eigenvalue weighted by atomic mass is 9.98. The second kappa shape index (κ2) is 3.97. The Morgan fingerprint density at radius 2 is 1.90 bits per heavy atom. The quantitative estimate of drug-likeness (QED) is 0.499. The van der Waals surface area contributed by atoms with Crippen molar-refractivity contribution in [3.63, 3.8) is 0 Å². The van der Waals surface area contributed by atoms with Gasteiger partial charge < -0.3 is 4.90 Å². The van der Waals surface area contributed by atoms with Crippen molar-refractivity contribution in [1.82, 2.24) is 4.90 Å². The van der Waals surface area contributed by atoms with Gasteiger partial charge in [-0.1, -0.05) is 19.8 Å². The Hall–Kier alpha value is -0.0400. The molecule has 0 bridgehead atoms. The van der Waals surface area contributed by atoms with Crippen molar-refractivity contribution in [2.24, 2.45) is 5.92 Å². The summed E-state index contributed by atoms with van der Waals surface area (Å²) in [5.74, 6) is 0.961. The van der Waals surface area contributed by atoms with E-state index >= 15 is 0 Å². The van der Waals surface area contributed by atoms with Crippen molar-refractivity contribution in [2.75, 3.05) is 20.1 Å². The Bertz CT molecular complexity index is 78.7. The summed E-state index contributed by atoms with van der Waals surface area (Å²) in [7, 11) is 2.23. The third-order valence-corrected chi connectivity index (χ3v) is 2.49. The predicted octanol–water partition coefficient (Wildman–Crippen LogP) is 2.13. The normalized spacial score (nSPS) is 31.2. The van der Waals surface area contributed by atoms with Gasteiger partial charge in [0.05, 0.1) is 0 Å². The van der Waals surface area contributed by atoms with E-state index in [0.717, 1.165) is 5.92 Å². The van der Waals surface area contributed by atoms with E-state index in [1.807, 2.05) is 0 Å². The maximum Gasteiger partial charge on any atom is -0.00192 e. The summed E-state index contributed by atoms with van der Waals surface area (Å²) in [6.45, 7) is 4.99. The van der Waals surface area contributed by atoms with Gasteiger partial charge in [-0.3, -0.25) is 0 Å². The molecule has 0 spiro atoms. The SMILES string of the molecule is C[C@H]1CCCCN(C)CC1. The number of hydrogen-bond acceptors (Lipinski definition) is 1. The maximum atomic E-state index is 2.45. The standard InChI is InChI=1S/C9H19N/c1-9-5-3-4-7-10(2)8-6-9/h9H,3-8H2,1-2H3/t9-/m0/s1. The molecule has 1 aliphatic rings. The molecule has 0 aliphatic carbocycles. The molecule has 0 radical (unpaired) electrons. The monoisotopic (exact) mass is 141 g/mol. The van der Waals surface area contributed by atoms with Gasteiger partial charge in [0.15, 0.2) is 0 Å². The highest BCUT2D eigenvalue weighted by Gasteiger charge is 2.07. The molecule has 1 rings (SSSR count). The van der Waals surface area contributed by atoms with Gasteiger partial charge in [0.1, 0.15) is 0 Å². The second-order valence-corrected chi connectivity index (χ2v) is 3.69. The van der Waals surface area contributed by atoms with E-state index in [0.29, 0.717) is 0 Å². The van der Waals surface area contributed by atoms with Crippen LogP contribution in [-0.2, 0) is 0 Å². The van der Waals surface area contributed by atoms with E-state index in [9.17, 15) is 0 Å². The minimum Gasteiger partial charge on any atom is -0.306 e. The van der Waals surface area contributed by atoms with Gasteiger partial charge in [0.25, 0.3) is 0 Å². The zero-order chi connectivity index (χ0) is 7.40. The lowest BCUT2D eigenvalue weighted by Crippen LogP contribution is -2.24. The van der Waals surface area contributed by atoms with Crippen LogP contribution in [0.4, 0.5) is 0 Å². The molecule has 1 heterocycles. The maximum absolute atomic E-state index is 2.45. The molecule has 1 heteroatoms. The fraction of sp³-hybridized carbons (Fsp3) is 1.00. The van der Waals surface area contributed by atoms with Crippen LogP contribution in [0.25, 0.3) is 0 Å². The fourth-order valence-electron chi connectivity index (χ4n) is 1.57. The Balaban J connectivity index is 2.23. The van der Waals surface area contributed by atoms with Crippen LogP contribution in [0.5, 0.6) is 0 Å². The van der Waals surface area contributed by atoms with E-state index in [4.69, 9.17) is 0 Å². The first-order chi connectivity index (χ1) is 4.79. The van der Waals surface area contributed by atoms with Gasteiger partial charge in [-0.05, 0) is 38.9 Å². The van der Waals surface area contributed by atoms with Crippen molar-refractivity contribution < 1.29 is 0 Å². The summed E-state index contributed by atoms with van der Waals surface area (Å²) >= 11 is 0. The molecular weight excluding hydrogens is 122 g/mol. The molecule has 1 nitrogen and oxygen atoms in total. The summed E-state index contributed by atoms with van der Waals surface area (Å²) in [5.41, 5.74) is 0. The lowest BCUT2D eigenvalue weighted by Gasteiger charge is -2.22. The lowest BCUT2D eigenvalue weighted by molar-refractivity contribution is 0.266. The molecule has 0 aromatic rings. The van der Waals surface area contributed by atoms with Crippen LogP contribution in [0, 0.1) is 5.92 Å². The number of nitrogens with zero attached hydrogens (tertiary/aromatic N) is 1. The van der Waals surface area contributed by atoms with Crippen LogP contribution < -0.4 is 0 Å². The van der Waals surface area contributed by atoms with Crippen LogP contribution in [0.15, 0.2) is 0 Å². The Labute approximate surface area is 64.4 Å². The van der Waals surface area contributed by atoms with E-state index in [1.165, 1.54) is 38.8 Å². The molecule has 0 unspecified atom stereocenters. The molecular formula is C9H19N. The van der Waals surface area contributed by atoms with Crippen LogP contribution in [0.1, 0.15) is 32.6 Å². The number of rotatable bonds is 0. The summed E-state index contributed by atoms with van der Waals surface area (Å²) < 4.78 is 0. The highest BCUT2D eigenvalue weighted by atomic mass is 15.1. The van der Waals surface area contributed by atoms with Crippen LogP contribution >= 0.6 is 0 Å². The molecule has 10 heavy (non-hydrogen) atoms. The Kier molecular flexibility index (Phi) is 3.20. The summed E-state index contributed by atoms with van der Waals surface area (Å²) in [6, 6.07) is 0. The predicted molar refractivity (Wildman–Crippen MR) is 45.1 cm³/mol. The molecule has 0 N–H and O–H groups in total. The third-order valence-electron chi connectivity index (χ3n) is 2.49. The van der Waals surface area contributed by atoms with Crippen molar-refractivity contribution >= 4 is 0 Å². The van der Waals surface area contributed by atoms with Crippen molar-refractivity contribution in [3.8, 4) is 0 Å². The van der Waals surface area contributed by atoms with Gasteiger partial charge in [-0.15, -0.1) is 0 Å². The highest BCUT2D eigenvalue weighted by Crippen LogP contribution is 2.15. The second-order valence-electron chi connectivity index (χ2n) is 3.69. The van der Waals surface area contributed by atoms with Gasteiger partial charge >= 0.3 is 0 Å². The van der Waals surface area contributed by atoms with Crippen molar-refractivity contribution in [3.05, 3.63) is 0 Å². The van der Waals surface area contributed by atoms with E-state index in [-0.39, 0.29) is 0 Å². The molecule has 0 aromatic carbocycles. The molecule has 60 valence electrons. The van der Waals surface area contributed by atoms with Crippen LogP contribution in [-0.4, -0.2) is 25.0 Å². The molecule has 1 atom stereocenters. The fourth-order valence-corrected chi connectivity index (χ4v) is 1.57. The molecule has 0 amide bonds. The third kappa shape index (κ3) is 2.70. The Morgan fingerprint density at radius 1 is 1.10 bits per heavy atom. The van der Waals surface area contributed by atoms with Crippen LogP contribution in [0.2, 0.25) is 0 Å². The first-order valence-corrected chi connectivity index (χ1v) is 4.47. The minimum atomic E-state index is 0.961. The average molecular weight is 141 g/mol. The minimum absolute atomic E-state index is 0.961. The Morgan fingerprint density at radius 3 is 2.70 bits per heavy atom. The topological polar surface area (TPSA) is 3.24 Å². The first-order valence-electron chi connectivity index (χ1n) is 4.47. The molecule has 1 aliphatic heterocycles. The highest BCUT2D eigenvalue weighted by molar-refractivity contribution is 4.62. The van der Waals surface area contributed by atoms with Gasteiger partial charge in [-0.25, -0.2) is 0 Å². The zero-order valence-electron chi connectivity index (χ0n) is 7.27. The van der Waals surface area contributed by atoms with Crippen molar-refractivity contribution in [2.45, 2.75) is 32.6 Å². The number of likely N-dealkylation sites (tertiary alicyclic amines) is 1. The first kappa shape index (κ1) is 8.06. The van der Waals surface area contributed by atoms with E-state index in [2.05, 4.69) is 18.9 Å². The molecule has 0 saturated carbocycles. The van der Waals surface area contributed by atoms with E-state index < -0.39 is 0 Å². The van der Waals surface area contributed by atoms with Gasteiger partial charge in [-0.2, -0.15) is 0 Å². The summed E-state index contributed by atoms with van der Waals surface area (Å²) in [6.07, 6.45) is 5.69. The molecule has 0 aromatic heterocycles. The van der Waals surface area contributed by atoms with E-state index in [1.54, 1.807) is 0 Å². The largest absolute Gasteiger partial charge is 0.306 e. The van der Waals surface area contributed by atoms with Gasteiger partial charge in [0, 0.05) is 0 Å². The van der Waals surface area contributed by atoms with Gasteiger partial charge in [0.2, 0.25) is 0 Å². The number of hydrogen-bond donors (Lipinski definition) is 0.